The Morgan fingerprint density at radius 2 is 1.79 bits per heavy atom. The first-order chi connectivity index (χ1) is 17.6. The summed E-state index contributed by atoms with van der Waals surface area (Å²) in [4.78, 5) is 46.4. The van der Waals surface area contributed by atoms with Crippen LogP contribution in [0.3, 0.4) is 0 Å². The number of amides is 2. The quantitative estimate of drug-likeness (QED) is 0.397. The lowest BCUT2D eigenvalue weighted by Gasteiger charge is -2.46. The number of thioether (sulfide) groups is 1. The van der Waals surface area contributed by atoms with Crippen LogP contribution in [0.25, 0.3) is 0 Å². The highest BCUT2D eigenvalue weighted by Gasteiger charge is 2.75. The lowest BCUT2D eigenvalue weighted by atomic mass is 9.74. The molecule has 1 N–H and O–H groups in total. The van der Waals surface area contributed by atoms with Gasteiger partial charge in [-0.05, 0) is 44.9 Å². The maximum absolute atomic E-state index is 14.8. The van der Waals surface area contributed by atoms with Crippen molar-refractivity contribution < 1.29 is 24.2 Å². The van der Waals surface area contributed by atoms with Crippen LogP contribution in [-0.2, 0) is 19.1 Å². The molecule has 0 aromatic heterocycles. The van der Waals surface area contributed by atoms with Crippen molar-refractivity contribution in [2.75, 3.05) is 19.8 Å². The topological polar surface area (TPSA) is 87.2 Å². The molecule has 4 heterocycles. The third-order valence-electron chi connectivity index (χ3n) is 9.00. The fourth-order valence-electron chi connectivity index (χ4n) is 7.54. The predicted octanol–water partition coefficient (Wildman–Crippen LogP) is 4.20. The number of hydrogen-bond donors (Lipinski definition) is 1. The largest absolute Gasteiger partial charge is 0.465 e. The molecule has 1 spiro atoms. The number of aliphatic hydroxyl groups excluding tert-OH is 1. The predicted molar refractivity (Wildman–Crippen MR) is 150 cm³/mol. The van der Waals surface area contributed by atoms with Gasteiger partial charge in [0.1, 0.15) is 6.04 Å². The minimum Gasteiger partial charge on any atom is -0.465 e. The van der Waals surface area contributed by atoms with Gasteiger partial charge in [-0.3, -0.25) is 14.4 Å². The Labute approximate surface area is 232 Å². The third kappa shape index (κ3) is 4.63. The molecule has 0 bridgehead atoms. The van der Waals surface area contributed by atoms with Crippen LogP contribution < -0.4 is 0 Å². The Morgan fingerprint density at radius 1 is 1.11 bits per heavy atom. The van der Waals surface area contributed by atoms with Crippen LogP contribution in [0, 0.1) is 23.2 Å². The van der Waals surface area contributed by atoms with Crippen molar-refractivity contribution in [2.45, 2.75) is 102 Å². The highest BCUT2D eigenvalue weighted by molar-refractivity contribution is 8.02. The Balaban J connectivity index is 1.91. The first-order valence-electron chi connectivity index (χ1n) is 14.1. The van der Waals surface area contributed by atoms with E-state index in [1.54, 1.807) is 16.7 Å². The maximum atomic E-state index is 14.8. The standard InChI is InChI=1S/C30H46N2O5S/c1-9-19(2)20(17-33)32-23-25(35)31(28(6,7)18-27(3,4)5)15-12-14-30(23)21(24(32)34)22-26(36)37-16-11-10-13-29(22,8)38-30/h10,12-14,19-23,33H,9,11,15-18H2,1-8H3/t19-,20-,21-,22+,23?,29-,30-/m0/s1. The molecule has 8 heteroatoms. The van der Waals surface area contributed by atoms with Gasteiger partial charge in [-0.25, -0.2) is 0 Å². The van der Waals surface area contributed by atoms with Crippen LogP contribution in [0.1, 0.15) is 74.7 Å². The number of cyclic esters (lactones) is 1. The summed E-state index contributed by atoms with van der Waals surface area (Å²) in [6, 6.07) is -1.34. The summed E-state index contributed by atoms with van der Waals surface area (Å²) < 4.78 is 4.01. The number of esters is 1. The molecule has 4 rings (SSSR count). The van der Waals surface area contributed by atoms with Crippen molar-refractivity contribution in [1.29, 1.82) is 0 Å². The number of carbonyl (C=O) groups excluding carboxylic acids is 3. The van der Waals surface area contributed by atoms with E-state index in [1.807, 2.05) is 50.0 Å². The van der Waals surface area contributed by atoms with Gasteiger partial charge in [0.2, 0.25) is 11.8 Å². The van der Waals surface area contributed by atoms with Gasteiger partial charge in [0, 0.05) is 16.8 Å². The van der Waals surface area contributed by atoms with Crippen molar-refractivity contribution in [3.63, 3.8) is 0 Å². The highest BCUT2D eigenvalue weighted by atomic mass is 32.2. The molecule has 0 radical (unpaired) electrons. The number of aliphatic hydroxyl groups is 1. The number of carbonyl (C=O) groups is 3. The summed E-state index contributed by atoms with van der Waals surface area (Å²) in [7, 11) is 0. The zero-order valence-corrected chi connectivity index (χ0v) is 25.1. The Hall–Kier alpha value is -1.80. The van der Waals surface area contributed by atoms with Gasteiger partial charge in [0.15, 0.2) is 0 Å². The number of nitrogens with zero attached hydrogens (tertiary/aromatic N) is 2. The molecule has 7 atom stereocenters. The lowest BCUT2D eigenvalue weighted by Crippen LogP contribution is -2.61. The van der Waals surface area contributed by atoms with E-state index in [-0.39, 0.29) is 42.3 Å². The summed E-state index contributed by atoms with van der Waals surface area (Å²) >= 11 is 1.56. The molecular weight excluding hydrogens is 500 g/mol. The third-order valence-corrected chi connectivity index (χ3v) is 10.8. The van der Waals surface area contributed by atoms with E-state index < -0.39 is 39.0 Å². The van der Waals surface area contributed by atoms with Gasteiger partial charge >= 0.3 is 5.97 Å². The van der Waals surface area contributed by atoms with Crippen LogP contribution in [0.4, 0.5) is 0 Å². The molecule has 1 unspecified atom stereocenters. The molecule has 4 aliphatic heterocycles. The van der Waals surface area contributed by atoms with Gasteiger partial charge < -0.3 is 19.6 Å². The second-order valence-electron chi connectivity index (χ2n) is 13.6. The molecule has 0 aliphatic carbocycles. The average molecular weight is 547 g/mol. The van der Waals surface area contributed by atoms with Gasteiger partial charge in [-0.15, -0.1) is 11.8 Å². The average Bonchev–Trinajstić information content (AvgIpc) is 3.11. The molecule has 2 fully saturated rings. The van der Waals surface area contributed by atoms with Crippen molar-refractivity contribution >= 4 is 29.5 Å². The molecule has 7 nitrogen and oxygen atoms in total. The van der Waals surface area contributed by atoms with E-state index in [4.69, 9.17) is 4.74 Å². The number of rotatable bonds is 6. The molecule has 2 amide bonds. The van der Waals surface area contributed by atoms with Crippen LogP contribution in [0.15, 0.2) is 24.3 Å². The van der Waals surface area contributed by atoms with Crippen molar-refractivity contribution in [1.82, 2.24) is 9.80 Å². The number of fused-ring (bicyclic) bond motifs is 2. The number of ether oxygens (including phenoxy) is 1. The molecule has 0 aromatic carbocycles. The number of likely N-dealkylation sites (tertiary alicyclic amines) is 1. The summed E-state index contributed by atoms with van der Waals surface area (Å²) in [5.74, 6) is -2.19. The summed E-state index contributed by atoms with van der Waals surface area (Å²) in [6.45, 7) is 17.2. The highest BCUT2D eigenvalue weighted by Crippen LogP contribution is 2.66. The van der Waals surface area contributed by atoms with Crippen LogP contribution >= 0.6 is 11.8 Å². The van der Waals surface area contributed by atoms with Gasteiger partial charge in [0.25, 0.3) is 0 Å². The van der Waals surface area contributed by atoms with E-state index >= 15 is 0 Å². The fraction of sp³-hybridized carbons (Fsp3) is 0.767. The summed E-state index contributed by atoms with van der Waals surface area (Å²) in [5, 5.41) is 10.6. The molecule has 0 saturated carbocycles. The zero-order chi connectivity index (χ0) is 28.3. The van der Waals surface area contributed by atoms with Crippen molar-refractivity contribution in [3.05, 3.63) is 24.3 Å². The molecule has 38 heavy (non-hydrogen) atoms. The van der Waals surface area contributed by atoms with E-state index in [0.717, 1.165) is 12.8 Å². The molecule has 2 saturated heterocycles. The molecule has 0 aromatic rings. The second-order valence-corrected chi connectivity index (χ2v) is 15.4. The lowest BCUT2D eigenvalue weighted by molar-refractivity contribution is -0.155. The van der Waals surface area contributed by atoms with Crippen molar-refractivity contribution in [2.24, 2.45) is 23.2 Å². The van der Waals surface area contributed by atoms with Crippen LogP contribution in [-0.4, -0.2) is 79.6 Å². The second kappa shape index (κ2) is 9.99. The summed E-state index contributed by atoms with van der Waals surface area (Å²) in [5.41, 5.74) is -0.470. The normalized spacial score (nSPS) is 35.2. The van der Waals surface area contributed by atoms with E-state index in [1.165, 1.54) is 0 Å². The van der Waals surface area contributed by atoms with E-state index in [0.29, 0.717) is 13.0 Å². The van der Waals surface area contributed by atoms with Crippen molar-refractivity contribution in [3.8, 4) is 0 Å². The first kappa shape index (κ1) is 29.2. The Morgan fingerprint density at radius 3 is 2.39 bits per heavy atom. The summed E-state index contributed by atoms with van der Waals surface area (Å²) in [6.07, 6.45) is 10.3. The monoisotopic (exact) mass is 546 g/mol. The number of hydrogen-bond acceptors (Lipinski definition) is 6. The zero-order valence-electron chi connectivity index (χ0n) is 24.3. The fourth-order valence-corrected chi connectivity index (χ4v) is 9.68. The molecule has 212 valence electrons. The minimum atomic E-state index is -0.936. The smallest absolute Gasteiger partial charge is 0.311 e. The van der Waals surface area contributed by atoms with Gasteiger partial charge in [-0.2, -0.15) is 0 Å². The molecular formula is C30H46N2O5S. The van der Waals surface area contributed by atoms with E-state index in [9.17, 15) is 19.5 Å². The van der Waals surface area contributed by atoms with Crippen LogP contribution in [0.2, 0.25) is 0 Å². The molecule has 4 aliphatic rings. The first-order valence-corrected chi connectivity index (χ1v) is 14.9. The van der Waals surface area contributed by atoms with E-state index in [2.05, 4.69) is 34.6 Å². The van der Waals surface area contributed by atoms with Crippen LogP contribution in [0.5, 0.6) is 0 Å². The minimum absolute atomic E-state index is 0.00879. The van der Waals surface area contributed by atoms with Gasteiger partial charge in [-0.1, -0.05) is 65.3 Å². The Kier molecular flexibility index (Phi) is 7.67. The van der Waals surface area contributed by atoms with Gasteiger partial charge in [0.05, 0.1) is 35.8 Å². The SMILES string of the molecule is CC[C@H](C)[C@H](CO)N1C(=O)[C@@H]2[C@@H]3C(=O)OCCC=C[C@]3(C)S[C@@]23C=CCN(C(C)(C)CC(C)(C)C)C(=O)C13. The Bertz CT molecular complexity index is 1030. The maximum Gasteiger partial charge on any atom is 0.311 e.